The standard InChI is InChI=1S/C14H27N5O2/c1-5-9-15-11-16-12(18-13(17-11)21-8-4)19-14(6-2,7-3)10-20/h20H,5-10H2,1-4H3,(H2,15,16,17,18,19). The fourth-order valence-corrected chi connectivity index (χ4v) is 1.85. The second-order valence-corrected chi connectivity index (χ2v) is 4.90. The molecule has 0 atom stereocenters. The van der Waals surface area contributed by atoms with Crippen molar-refractivity contribution in [2.45, 2.75) is 52.5 Å². The SMILES string of the molecule is CCCNc1nc(NC(CC)(CC)CO)nc(OCC)n1. The van der Waals surface area contributed by atoms with Crippen LogP contribution >= 0.6 is 0 Å². The molecule has 0 aliphatic rings. The molecule has 120 valence electrons. The van der Waals surface area contributed by atoms with E-state index in [4.69, 9.17) is 4.74 Å². The zero-order chi connectivity index (χ0) is 15.7. The maximum absolute atomic E-state index is 9.64. The van der Waals surface area contributed by atoms with Crippen molar-refractivity contribution in [1.82, 2.24) is 15.0 Å². The lowest BCUT2D eigenvalue weighted by atomic mass is 9.94. The Balaban J connectivity index is 3.00. The minimum absolute atomic E-state index is 0.0212. The number of nitrogens with one attached hydrogen (secondary N) is 2. The second kappa shape index (κ2) is 8.61. The van der Waals surface area contributed by atoms with Crippen LogP contribution in [0.15, 0.2) is 0 Å². The van der Waals surface area contributed by atoms with E-state index in [1.807, 2.05) is 20.8 Å². The van der Waals surface area contributed by atoms with Crippen LogP contribution in [-0.2, 0) is 0 Å². The van der Waals surface area contributed by atoms with Gasteiger partial charge in [-0.2, -0.15) is 15.0 Å². The van der Waals surface area contributed by atoms with Gasteiger partial charge in [0.25, 0.3) is 0 Å². The second-order valence-electron chi connectivity index (χ2n) is 4.90. The molecule has 0 saturated heterocycles. The van der Waals surface area contributed by atoms with Crippen LogP contribution in [0.4, 0.5) is 11.9 Å². The number of rotatable bonds is 10. The third-order valence-electron chi connectivity index (χ3n) is 3.45. The van der Waals surface area contributed by atoms with Gasteiger partial charge in [-0.15, -0.1) is 0 Å². The molecule has 1 rings (SSSR count). The Hall–Kier alpha value is -1.63. The molecule has 0 amide bonds. The molecule has 0 bridgehead atoms. The lowest BCUT2D eigenvalue weighted by molar-refractivity contribution is 0.201. The van der Waals surface area contributed by atoms with E-state index >= 15 is 0 Å². The van der Waals surface area contributed by atoms with Gasteiger partial charge >= 0.3 is 6.01 Å². The zero-order valence-electron chi connectivity index (χ0n) is 13.4. The molecular weight excluding hydrogens is 270 g/mol. The summed E-state index contributed by atoms with van der Waals surface area (Å²) in [6, 6.07) is 0.285. The van der Waals surface area contributed by atoms with Crippen LogP contribution in [0.1, 0.15) is 47.0 Å². The fraction of sp³-hybridized carbons (Fsp3) is 0.786. The highest BCUT2D eigenvalue weighted by molar-refractivity contribution is 5.38. The molecule has 0 fully saturated rings. The predicted octanol–water partition coefficient (Wildman–Crippen LogP) is 2.06. The number of hydrogen-bond acceptors (Lipinski definition) is 7. The molecule has 1 heterocycles. The Morgan fingerprint density at radius 2 is 1.71 bits per heavy atom. The van der Waals surface area contributed by atoms with E-state index < -0.39 is 5.54 Å². The lowest BCUT2D eigenvalue weighted by Gasteiger charge is -2.30. The summed E-state index contributed by atoms with van der Waals surface area (Å²) >= 11 is 0. The van der Waals surface area contributed by atoms with Crippen molar-refractivity contribution in [3.8, 4) is 6.01 Å². The summed E-state index contributed by atoms with van der Waals surface area (Å²) in [5.41, 5.74) is -0.424. The summed E-state index contributed by atoms with van der Waals surface area (Å²) in [5.74, 6) is 0.904. The summed E-state index contributed by atoms with van der Waals surface area (Å²) in [7, 11) is 0. The van der Waals surface area contributed by atoms with Crippen LogP contribution in [-0.4, -0.2) is 45.4 Å². The molecule has 0 radical (unpaired) electrons. The monoisotopic (exact) mass is 297 g/mol. The van der Waals surface area contributed by atoms with Crippen molar-refractivity contribution in [2.24, 2.45) is 0 Å². The molecule has 7 heteroatoms. The van der Waals surface area contributed by atoms with Crippen molar-refractivity contribution >= 4 is 11.9 Å². The van der Waals surface area contributed by atoms with Crippen molar-refractivity contribution in [3.63, 3.8) is 0 Å². The van der Waals surface area contributed by atoms with E-state index in [2.05, 4.69) is 32.5 Å². The van der Waals surface area contributed by atoms with Crippen molar-refractivity contribution < 1.29 is 9.84 Å². The van der Waals surface area contributed by atoms with Gasteiger partial charge in [0.1, 0.15) is 0 Å². The summed E-state index contributed by atoms with van der Waals surface area (Å²) in [4.78, 5) is 12.8. The molecule has 0 aliphatic carbocycles. The molecule has 0 spiro atoms. The van der Waals surface area contributed by atoms with Gasteiger partial charge in [-0.25, -0.2) is 0 Å². The van der Waals surface area contributed by atoms with Gasteiger partial charge in [-0.1, -0.05) is 20.8 Å². The first-order chi connectivity index (χ1) is 10.1. The molecule has 21 heavy (non-hydrogen) atoms. The molecule has 0 aliphatic heterocycles. The van der Waals surface area contributed by atoms with Crippen molar-refractivity contribution in [3.05, 3.63) is 0 Å². The Morgan fingerprint density at radius 1 is 1.05 bits per heavy atom. The number of nitrogens with zero attached hydrogens (tertiary/aromatic N) is 3. The average molecular weight is 297 g/mol. The van der Waals surface area contributed by atoms with Crippen molar-refractivity contribution in [2.75, 3.05) is 30.4 Å². The van der Waals surface area contributed by atoms with Gasteiger partial charge in [0.15, 0.2) is 0 Å². The number of ether oxygens (including phenoxy) is 1. The zero-order valence-corrected chi connectivity index (χ0v) is 13.4. The molecule has 1 aromatic rings. The van der Waals surface area contributed by atoms with E-state index in [9.17, 15) is 5.11 Å². The van der Waals surface area contributed by atoms with E-state index in [0.717, 1.165) is 25.8 Å². The molecule has 1 aromatic heterocycles. The predicted molar refractivity (Wildman–Crippen MR) is 83.8 cm³/mol. The first-order valence-electron chi connectivity index (χ1n) is 7.64. The number of aliphatic hydroxyl groups is 1. The van der Waals surface area contributed by atoms with Crippen LogP contribution in [0.3, 0.4) is 0 Å². The maximum atomic E-state index is 9.64. The number of anilines is 2. The number of hydrogen-bond donors (Lipinski definition) is 3. The summed E-state index contributed by atoms with van der Waals surface area (Å²) in [6.45, 7) is 9.29. The minimum atomic E-state index is -0.424. The van der Waals surface area contributed by atoms with Gasteiger partial charge in [0.05, 0.1) is 18.8 Å². The first kappa shape index (κ1) is 17.4. The van der Waals surface area contributed by atoms with Gasteiger partial charge in [-0.3, -0.25) is 0 Å². The van der Waals surface area contributed by atoms with Gasteiger partial charge in [0.2, 0.25) is 11.9 Å². The summed E-state index contributed by atoms with van der Waals surface area (Å²) < 4.78 is 5.38. The third-order valence-corrected chi connectivity index (χ3v) is 3.45. The normalized spacial score (nSPS) is 11.3. The molecule has 0 unspecified atom stereocenters. The third kappa shape index (κ3) is 5.00. The lowest BCUT2D eigenvalue weighted by Crippen LogP contribution is -2.41. The first-order valence-corrected chi connectivity index (χ1v) is 7.64. The highest BCUT2D eigenvalue weighted by atomic mass is 16.5. The van der Waals surface area contributed by atoms with Crippen LogP contribution in [0.25, 0.3) is 0 Å². The molecule has 0 aromatic carbocycles. The van der Waals surface area contributed by atoms with E-state index in [1.165, 1.54) is 0 Å². The number of aliphatic hydroxyl groups excluding tert-OH is 1. The van der Waals surface area contributed by atoms with E-state index in [-0.39, 0.29) is 12.6 Å². The van der Waals surface area contributed by atoms with Crippen LogP contribution in [0.5, 0.6) is 6.01 Å². The Morgan fingerprint density at radius 3 is 2.24 bits per heavy atom. The van der Waals surface area contributed by atoms with Crippen LogP contribution < -0.4 is 15.4 Å². The number of aromatic nitrogens is 3. The quantitative estimate of drug-likeness (QED) is 0.608. The van der Waals surface area contributed by atoms with Gasteiger partial charge in [-0.05, 0) is 26.2 Å². The largest absolute Gasteiger partial charge is 0.464 e. The Labute approximate surface area is 126 Å². The van der Waals surface area contributed by atoms with Crippen molar-refractivity contribution in [1.29, 1.82) is 0 Å². The Kier molecular flexibility index (Phi) is 7.14. The minimum Gasteiger partial charge on any atom is -0.464 e. The van der Waals surface area contributed by atoms with Crippen LogP contribution in [0.2, 0.25) is 0 Å². The summed E-state index contributed by atoms with van der Waals surface area (Å²) in [5, 5.41) is 16.0. The topological polar surface area (TPSA) is 92.2 Å². The summed E-state index contributed by atoms with van der Waals surface area (Å²) in [6.07, 6.45) is 2.52. The van der Waals surface area contributed by atoms with Crippen LogP contribution in [0, 0.1) is 0 Å². The smallest absolute Gasteiger partial charge is 0.323 e. The van der Waals surface area contributed by atoms with E-state index in [1.54, 1.807) is 0 Å². The fourth-order valence-electron chi connectivity index (χ4n) is 1.85. The molecule has 7 nitrogen and oxygen atoms in total. The average Bonchev–Trinajstić information content (AvgIpc) is 2.51. The maximum Gasteiger partial charge on any atom is 0.323 e. The van der Waals surface area contributed by atoms with E-state index in [0.29, 0.717) is 18.5 Å². The highest BCUT2D eigenvalue weighted by Gasteiger charge is 2.26. The highest BCUT2D eigenvalue weighted by Crippen LogP contribution is 2.21. The molecular formula is C14H27N5O2. The molecule has 3 N–H and O–H groups in total. The van der Waals surface area contributed by atoms with Gasteiger partial charge < -0.3 is 20.5 Å². The molecule has 0 saturated carbocycles. The Bertz CT molecular complexity index is 416. The van der Waals surface area contributed by atoms with Gasteiger partial charge in [0, 0.05) is 6.54 Å².